The van der Waals surface area contributed by atoms with E-state index in [1.807, 2.05) is 42.1 Å². The van der Waals surface area contributed by atoms with Gasteiger partial charge in [0.2, 0.25) is 5.91 Å². The molecule has 2 heterocycles. The molecule has 150 valence electrons. The molecule has 0 saturated heterocycles. The fourth-order valence-electron chi connectivity index (χ4n) is 2.91. The summed E-state index contributed by atoms with van der Waals surface area (Å²) in [6.07, 6.45) is 1.62. The third kappa shape index (κ3) is 5.01. The molecule has 1 aliphatic rings. The minimum atomic E-state index is -0.284. The summed E-state index contributed by atoms with van der Waals surface area (Å²) in [6.45, 7) is 5.75. The molecule has 0 saturated carbocycles. The van der Waals surface area contributed by atoms with Crippen LogP contribution in [0.1, 0.15) is 18.2 Å². The van der Waals surface area contributed by atoms with Crippen molar-refractivity contribution in [2.45, 2.75) is 20.1 Å². The van der Waals surface area contributed by atoms with Crippen LogP contribution in [0.2, 0.25) is 0 Å². The monoisotopic (exact) mass is 394 g/mol. The van der Waals surface area contributed by atoms with Gasteiger partial charge in [-0.25, -0.2) is 4.39 Å². The molecule has 0 aliphatic carbocycles. The van der Waals surface area contributed by atoms with E-state index in [4.69, 9.17) is 4.74 Å². The van der Waals surface area contributed by atoms with Crippen molar-refractivity contribution in [2.75, 3.05) is 12.4 Å². The lowest BCUT2D eigenvalue weighted by molar-refractivity contribution is -0.114. The second-order valence-electron chi connectivity index (χ2n) is 6.47. The Kier molecular flexibility index (Phi) is 6.29. The molecule has 1 amide bonds. The van der Waals surface area contributed by atoms with Crippen molar-refractivity contribution in [1.82, 2.24) is 15.1 Å². The first-order valence-corrected chi connectivity index (χ1v) is 9.14. The van der Waals surface area contributed by atoms with E-state index >= 15 is 0 Å². The molecular formula is C22H23FN4O2. The van der Waals surface area contributed by atoms with E-state index in [9.17, 15) is 9.18 Å². The molecule has 0 radical (unpaired) electrons. The van der Waals surface area contributed by atoms with Crippen LogP contribution in [-0.4, -0.2) is 22.7 Å². The molecule has 1 aliphatic heterocycles. The highest BCUT2D eigenvalue weighted by molar-refractivity contribution is 5.88. The number of anilines is 1. The fourth-order valence-corrected chi connectivity index (χ4v) is 2.91. The molecular weight excluding hydrogens is 371 g/mol. The average molecular weight is 394 g/mol. The van der Waals surface area contributed by atoms with Crippen molar-refractivity contribution in [3.63, 3.8) is 0 Å². The minimum Gasteiger partial charge on any atom is -0.487 e. The van der Waals surface area contributed by atoms with Crippen LogP contribution in [0.3, 0.4) is 0 Å². The molecule has 0 spiro atoms. The van der Waals surface area contributed by atoms with E-state index in [1.54, 1.807) is 12.3 Å². The zero-order valence-corrected chi connectivity index (χ0v) is 16.4. The number of carbonyl (C=O) groups is 1. The first-order valence-electron chi connectivity index (χ1n) is 9.14. The molecule has 0 unspecified atom stereocenters. The largest absolute Gasteiger partial charge is 0.487 e. The molecule has 4 rings (SSSR count). The maximum absolute atomic E-state index is 13.4. The summed E-state index contributed by atoms with van der Waals surface area (Å²) in [5.74, 6) is 0.318. The summed E-state index contributed by atoms with van der Waals surface area (Å²) in [5, 5.41) is 10.0. The van der Waals surface area contributed by atoms with E-state index in [0.717, 1.165) is 28.3 Å². The summed E-state index contributed by atoms with van der Waals surface area (Å²) >= 11 is 0. The highest BCUT2D eigenvalue weighted by Gasteiger charge is 2.17. The Hall–Kier alpha value is -3.61. The van der Waals surface area contributed by atoms with Gasteiger partial charge >= 0.3 is 0 Å². The minimum absolute atomic E-state index is 0.124. The van der Waals surface area contributed by atoms with Crippen molar-refractivity contribution in [3.8, 4) is 17.0 Å². The molecule has 29 heavy (non-hydrogen) atoms. The lowest BCUT2D eigenvalue weighted by Gasteiger charge is -2.09. The van der Waals surface area contributed by atoms with Crippen LogP contribution in [0.5, 0.6) is 5.75 Å². The highest BCUT2D eigenvalue weighted by atomic mass is 19.1. The Balaban J connectivity index is 0.000000552. The van der Waals surface area contributed by atoms with Gasteiger partial charge in [0.15, 0.2) is 0 Å². The molecule has 0 atom stereocenters. The quantitative estimate of drug-likeness (QED) is 0.706. The smallest absolute Gasteiger partial charge is 0.221 e. The van der Waals surface area contributed by atoms with Crippen LogP contribution in [0.25, 0.3) is 11.3 Å². The Morgan fingerprint density at radius 1 is 1.28 bits per heavy atom. The predicted molar refractivity (Wildman–Crippen MR) is 111 cm³/mol. The zero-order valence-electron chi connectivity index (χ0n) is 16.4. The Labute approximate surface area is 169 Å². The molecule has 0 bridgehead atoms. The van der Waals surface area contributed by atoms with Crippen LogP contribution in [0.15, 0.2) is 61.3 Å². The van der Waals surface area contributed by atoms with Crippen LogP contribution in [0.4, 0.5) is 10.1 Å². The van der Waals surface area contributed by atoms with Crippen LogP contribution in [0, 0.1) is 5.82 Å². The lowest BCUT2D eigenvalue weighted by Crippen LogP contribution is -2.06. The predicted octanol–water partition coefficient (Wildman–Crippen LogP) is 3.94. The summed E-state index contributed by atoms with van der Waals surface area (Å²) in [6, 6.07) is 13.9. The summed E-state index contributed by atoms with van der Waals surface area (Å²) in [4.78, 5) is 11.2. The van der Waals surface area contributed by atoms with Gasteiger partial charge in [-0.3, -0.25) is 9.48 Å². The fraction of sp³-hybridized carbons (Fsp3) is 0.182. The number of carbonyl (C=O) groups excluding carboxylic acids is 1. The van der Waals surface area contributed by atoms with Gasteiger partial charge in [-0.05, 0) is 30.5 Å². The molecule has 7 heteroatoms. The van der Waals surface area contributed by atoms with E-state index in [-0.39, 0.29) is 11.7 Å². The van der Waals surface area contributed by atoms with Crippen LogP contribution in [-0.2, 0) is 17.9 Å². The number of benzene rings is 2. The molecule has 1 aromatic heterocycles. The topological polar surface area (TPSA) is 68.2 Å². The van der Waals surface area contributed by atoms with Crippen LogP contribution < -0.4 is 15.4 Å². The van der Waals surface area contributed by atoms with Gasteiger partial charge < -0.3 is 15.4 Å². The number of nitrogens with one attached hydrogen (secondary N) is 2. The van der Waals surface area contributed by atoms with Crippen molar-refractivity contribution < 1.29 is 13.9 Å². The van der Waals surface area contributed by atoms with Crippen molar-refractivity contribution >= 4 is 11.6 Å². The summed E-state index contributed by atoms with van der Waals surface area (Å²) < 4.78 is 21.2. The summed E-state index contributed by atoms with van der Waals surface area (Å²) in [5.41, 5.74) is 4.04. The standard InChI is InChI=1S/C19H16FN3O2.C3H7N/c1-12(24)21-16-6-5-14-10-23-17(11-25-19(14)8-16)9-18(22-23)13-3-2-4-15(20)7-13;1-3-4-2/h2-9H,10-11H2,1H3,(H,21,24);3-4H,1H2,2H3. The van der Waals surface area contributed by atoms with Gasteiger partial charge in [0.25, 0.3) is 0 Å². The van der Waals surface area contributed by atoms with E-state index in [0.29, 0.717) is 18.8 Å². The number of fused-ring (bicyclic) bond motifs is 2. The third-order valence-electron chi connectivity index (χ3n) is 4.27. The van der Waals surface area contributed by atoms with Crippen molar-refractivity contribution in [3.05, 3.63) is 78.4 Å². The molecule has 2 aromatic carbocycles. The number of amides is 1. The molecule has 0 fully saturated rings. The van der Waals surface area contributed by atoms with Crippen molar-refractivity contribution in [1.29, 1.82) is 0 Å². The van der Waals surface area contributed by atoms with E-state index in [2.05, 4.69) is 22.3 Å². The first kappa shape index (κ1) is 20.1. The first-order chi connectivity index (χ1) is 14.0. The average Bonchev–Trinajstić information content (AvgIpc) is 3.03. The van der Waals surface area contributed by atoms with Gasteiger partial charge in [0, 0.05) is 36.9 Å². The van der Waals surface area contributed by atoms with Crippen LogP contribution >= 0.6 is 0 Å². The number of aromatic nitrogens is 2. The Bertz CT molecular complexity index is 1030. The third-order valence-corrected chi connectivity index (χ3v) is 4.27. The number of nitrogens with zero attached hydrogens (tertiary/aromatic N) is 2. The van der Waals surface area contributed by atoms with Gasteiger partial charge in [0.1, 0.15) is 18.2 Å². The summed E-state index contributed by atoms with van der Waals surface area (Å²) in [7, 11) is 1.81. The highest BCUT2D eigenvalue weighted by Crippen LogP contribution is 2.30. The molecule has 2 N–H and O–H groups in total. The number of hydrogen-bond donors (Lipinski definition) is 2. The Morgan fingerprint density at radius 3 is 2.76 bits per heavy atom. The van der Waals surface area contributed by atoms with Gasteiger partial charge in [0.05, 0.1) is 17.9 Å². The lowest BCUT2D eigenvalue weighted by atomic mass is 10.1. The molecule has 3 aromatic rings. The van der Waals surface area contributed by atoms with Gasteiger partial charge in [-0.2, -0.15) is 5.10 Å². The number of rotatable bonds is 3. The van der Waals surface area contributed by atoms with E-state index in [1.165, 1.54) is 19.1 Å². The van der Waals surface area contributed by atoms with Gasteiger partial charge in [-0.15, -0.1) is 0 Å². The van der Waals surface area contributed by atoms with Gasteiger partial charge in [-0.1, -0.05) is 24.8 Å². The maximum atomic E-state index is 13.4. The Morgan fingerprint density at radius 2 is 2.07 bits per heavy atom. The maximum Gasteiger partial charge on any atom is 0.221 e. The van der Waals surface area contributed by atoms with E-state index < -0.39 is 0 Å². The second-order valence-corrected chi connectivity index (χ2v) is 6.47. The SMILES string of the molecule is C=CNC.CC(=O)Nc1ccc2c(c1)OCc1cc(-c3cccc(F)c3)nn1C2. The normalized spacial score (nSPS) is 11.6. The second kappa shape index (κ2) is 9.05. The zero-order chi connectivity index (χ0) is 20.8. The van der Waals surface area contributed by atoms with Crippen molar-refractivity contribution in [2.24, 2.45) is 0 Å². The number of halogens is 1. The number of hydrogen-bond acceptors (Lipinski definition) is 4. The molecule has 6 nitrogen and oxygen atoms in total. The number of ether oxygens (including phenoxy) is 1.